The van der Waals surface area contributed by atoms with Gasteiger partial charge in [-0.2, -0.15) is 0 Å². The molecule has 0 atom stereocenters. The smallest absolute Gasteiger partial charge is 0.0798 e. The molecule has 0 aliphatic heterocycles. The Morgan fingerprint density at radius 3 is 2.95 bits per heavy atom. The quantitative estimate of drug-likeness (QED) is 0.880. The molecule has 0 aromatic carbocycles. The van der Waals surface area contributed by atoms with Gasteiger partial charge in [-0.25, -0.2) is 4.98 Å². The van der Waals surface area contributed by atoms with E-state index in [2.05, 4.69) is 47.1 Å². The molecule has 0 bridgehead atoms. The van der Waals surface area contributed by atoms with E-state index in [1.807, 2.05) is 17.9 Å². The third-order valence-electron chi connectivity index (χ3n) is 3.09. The molecule has 4 nitrogen and oxygen atoms in total. The number of thiazole rings is 1. The van der Waals surface area contributed by atoms with Crippen LogP contribution in [0.25, 0.3) is 0 Å². The highest BCUT2D eigenvalue weighted by atomic mass is 32.1. The summed E-state index contributed by atoms with van der Waals surface area (Å²) in [7, 11) is 2.10. The number of hydrogen-bond acceptors (Lipinski definition) is 5. The van der Waals surface area contributed by atoms with Gasteiger partial charge in [0.05, 0.1) is 29.6 Å². The van der Waals surface area contributed by atoms with Gasteiger partial charge in [-0.05, 0) is 25.1 Å². The van der Waals surface area contributed by atoms with Gasteiger partial charge in [-0.3, -0.25) is 4.98 Å². The highest BCUT2D eigenvalue weighted by Crippen LogP contribution is 2.22. The number of nitrogens with zero attached hydrogens (tertiary/aromatic N) is 3. The molecule has 5 heteroatoms. The van der Waals surface area contributed by atoms with Crippen molar-refractivity contribution < 1.29 is 0 Å². The second-order valence-corrected chi connectivity index (χ2v) is 5.44. The molecule has 19 heavy (non-hydrogen) atoms. The van der Waals surface area contributed by atoms with Gasteiger partial charge >= 0.3 is 0 Å². The zero-order chi connectivity index (χ0) is 13.7. The van der Waals surface area contributed by atoms with Crippen molar-refractivity contribution >= 4 is 17.0 Å². The van der Waals surface area contributed by atoms with E-state index in [-0.39, 0.29) is 0 Å². The number of aryl methyl sites for hydroxylation is 1. The number of pyridine rings is 1. The SMILES string of the molecule is CCNCc1ccncc1N(C)Cc1scnc1C. The van der Waals surface area contributed by atoms with Crippen LogP contribution in [0.1, 0.15) is 23.1 Å². The Morgan fingerprint density at radius 1 is 1.42 bits per heavy atom. The van der Waals surface area contributed by atoms with E-state index in [0.29, 0.717) is 0 Å². The molecular formula is C14H20N4S. The van der Waals surface area contributed by atoms with Crippen molar-refractivity contribution in [3.8, 4) is 0 Å². The highest BCUT2D eigenvalue weighted by Gasteiger charge is 2.10. The maximum atomic E-state index is 4.30. The van der Waals surface area contributed by atoms with Crippen LogP contribution in [0.5, 0.6) is 0 Å². The first-order chi connectivity index (χ1) is 9.22. The Labute approximate surface area is 118 Å². The second kappa shape index (κ2) is 6.63. The normalized spacial score (nSPS) is 10.7. The molecule has 0 radical (unpaired) electrons. The largest absolute Gasteiger partial charge is 0.368 e. The summed E-state index contributed by atoms with van der Waals surface area (Å²) in [6, 6.07) is 2.08. The standard InChI is InChI=1S/C14H20N4S/c1-4-15-7-12-5-6-16-8-13(12)18(3)9-14-11(2)17-10-19-14/h5-6,8,10,15H,4,7,9H2,1-3H3. The second-order valence-electron chi connectivity index (χ2n) is 4.50. The van der Waals surface area contributed by atoms with Crippen molar-refractivity contribution in [3.05, 3.63) is 40.1 Å². The lowest BCUT2D eigenvalue weighted by molar-refractivity contribution is 0.722. The molecule has 0 unspecified atom stereocenters. The minimum Gasteiger partial charge on any atom is -0.368 e. The Kier molecular flexibility index (Phi) is 4.87. The van der Waals surface area contributed by atoms with E-state index >= 15 is 0 Å². The summed E-state index contributed by atoms with van der Waals surface area (Å²) < 4.78 is 0. The minimum atomic E-state index is 0.875. The van der Waals surface area contributed by atoms with Crippen molar-refractivity contribution in [3.63, 3.8) is 0 Å². The van der Waals surface area contributed by atoms with Crippen LogP contribution in [-0.2, 0) is 13.1 Å². The predicted octanol–water partition coefficient (Wildman–Crippen LogP) is 2.59. The summed E-state index contributed by atoms with van der Waals surface area (Å²) in [5.74, 6) is 0. The van der Waals surface area contributed by atoms with E-state index in [0.717, 1.165) is 25.3 Å². The number of hydrogen-bond donors (Lipinski definition) is 1. The molecule has 2 rings (SSSR count). The van der Waals surface area contributed by atoms with Crippen LogP contribution in [-0.4, -0.2) is 23.6 Å². The maximum absolute atomic E-state index is 4.30. The van der Waals surface area contributed by atoms with Crippen molar-refractivity contribution in [2.75, 3.05) is 18.5 Å². The summed E-state index contributed by atoms with van der Waals surface area (Å²) in [6.45, 7) is 6.90. The molecule has 1 N–H and O–H groups in total. The topological polar surface area (TPSA) is 41.1 Å². The van der Waals surface area contributed by atoms with Crippen LogP contribution in [0.15, 0.2) is 24.0 Å². The Balaban J connectivity index is 2.14. The fourth-order valence-electron chi connectivity index (χ4n) is 1.95. The lowest BCUT2D eigenvalue weighted by atomic mass is 10.2. The fourth-order valence-corrected chi connectivity index (χ4v) is 2.78. The molecule has 0 spiro atoms. The fraction of sp³-hybridized carbons (Fsp3) is 0.429. The lowest BCUT2D eigenvalue weighted by Gasteiger charge is -2.21. The molecule has 0 saturated carbocycles. The van der Waals surface area contributed by atoms with E-state index in [1.165, 1.54) is 16.1 Å². The van der Waals surface area contributed by atoms with Crippen molar-refractivity contribution in [2.45, 2.75) is 26.9 Å². The Bertz CT molecular complexity index is 524. The molecule has 2 heterocycles. The Morgan fingerprint density at radius 2 is 2.26 bits per heavy atom. The first-order valence-corrected chi connectivity index (χ1v) is 7.34. The van der Waals surface area contributed by atoms with Crippen molar-refractivity contribution in [1.82, 2.24) is 15.3 Å². The molecule has 0 aliphatic rings. The molecule has 0 fully saturated rings. The maximum Gasteiger partial charge on any atom is 0.0798 e. The minimum absolute atomic E-state index is 0.875. The molecule has 0 amide bonds. The van der Waals surface area contributed by atoms with Gasteiger partial charge in [0.2, 0.25) is 0 Å². The van der Waals surface area contributed by atoms with Gasteiger partial charge in [0.15, 0.2) is 0 Å². The third kappa shape index (κ3) is 3.52. The molecule has 2 aromatic heterocycles. The van der Waals surface area contributed by atoms with Gasteiger partial charge in [-0.15, -0.1) is 11.3 Å². The number of anilines is 1. The predicted molar refractivity (Wildman–Crippen MR) is 80.6 cm³/mol. The average Bonchev–Trinajstić information content (AvgIpc) is 2.82. The van der Waals surface area contributed by atoms with E-state index < -0.39 is 0 Å². The van der Waals surface area contributed by atoms with E-state index in [9.17, 15) is 0 Å². The van der Waals surface area contributed by atoms with E-state index in [1.54, 1.807) is 11.3 Å². The van der Waals surface area contributed by atoms with Gasteiger partial charge in [0.1, 0.15) is 0 Å². The number of aromatic nitrogens is 2. The van der Waals surface area contributed by atoms with Crippen molar-refractivity contribution in [1.29, 1.82) is 0 Å². The van der Waals surface area contributed by atoms with Crippen LogP contribution < -0.4 is 10.2 Å². The first-order valence-electron chi connectivity index (χ1n) is 6.46. The molecule has 102 valence electrons. The zero-order valence-corrected chi connectivity index (χ0v) is 12.5. The van der Waals surface area contributed by atoms with Crippen LogP contribution in [0.4, 0.5) is 5.69 Å². The number of nitrogens with one attached hydrogen (secondary N) is 1. The molecule has 0 aliphatic carbocycles. The highest BCUT2D eigenvalue weighted by molar-refractivity contribution is 7.09. The van der Waals surface area contributed by atoms with Gasteiger partial charge in [-0.1, -0.05) is 6.92 Å². The van der Waals surface area contributed by atoms with Crippen molar-refractivity contribution in [2.24, 2.45) is 0 Å². The monoisotopic (exact) mass is 276 g/mol. The third-order valence-corrected chi connectivity index (χ3v) is 4.01. The van der Waals surface area contributed by atoms with E-state index in [4.69, 9.17) is 0 Å². The summed E-state index contributed by atoms with van der Waals surface area (Å²) >= 11 is 1.71. The van der Waals surface area contributed by atoms with Crippen LogP contribution in [0.2, 0.25) is 0 Å². The van der Waals surface area contributed by atoms with Crippen LogP contribution in [0, 0.1) is 6.92 Å². The molecule has 0 saturated heterocycles. The van der Waals surface area contributed by atoms with Crippen LogP contribution in [0.3, 0.4) is 0 Å². The van der Waals surface area contributed by atoms with Gasteiger partial charge < -0.3 is 10.2 Å². The average molecular weight is 276 g/mol. The molecule has 2 aromatic rings. The van der Waals surface area contributed by atoms with Gasteiger partial charge in [0.25, 0.3) is 0 Å². The summed E-state index contributed by atoms with van der Waals surface area (Å²) in [5.41, 5.74) is 5.48. The van der Waals surface area contributed by atoms with Gasteiger partial charge in [0, 0.05) is 24.7 Å². The summed E-state index contributed by atoms with van der Waals surface area (Å²) in [4.78, 5) is 12.1. The van der Waals surface area contributed by atoms with Crippen LogP contribution >= 0.6 is 11.3 Å². The first kappa shape index (κ1) is 14.0. The number of rotatable bonds is 6. The summed E-state index contributed by atoms with van der Waals surface area (Å²) in [5, 5.41) is 3.37. The lowest BCUT2D eigenvalue weighted by Crippen LogP contribution is -2.20. The zero-order valence-electron chi connectivity index (χ0n) is 11.7. The summed E-state index contributed by atoms with van der Waals surface area (Å²) in [6.07, 6.45) is 3.78. The molecular weight excluding hydrogens is 256 g/mol. The Hall–Kier alpha value is -1.46.